The molecule has 2 rings (SSSR count). The lowest BCUT2D eigenvalue weighted by atomic mass is 10.1. The van der Waals surface area contributed by atoms with Gasteiger partial charge in [-0.15, -0.1) is 0 Å². The summed E-state index contributed by atoms with van der Waals surface area (Å²) in [6.45, 7) is 5.06. The lowest BCUT2D eigenvalue weighted by Gasteiger charge is -2.23. The van der Waals surface area contributed by atoms with Gasteiger partial charge in [-0.05, 0) is 50.5 Å². The molecule has 0 bridgehead atoms. The number of hydrogen-bond acceptors (Lipinski definition) is 3. The van der Waals surface area contributed by atoms with E-state index in [1.807, 2.05) is 44.0 Å². The number of nitrogens with one attached hydrogen (secondary N) is 2. The van der Waals surface area contributed by atoms with E-state index >= 15 is 0 Å². The maximum Gasteiger partial charge on any atom is 0.239 e. The van der Waals surface area contributed by atoms with E-state index in [1.165, 1.54) is 12.8 Å². The molecule has 0 radical (unpaired) electrons. The van der Waals surface area contributed by atoms with Crippen molar-refractivity contribution in [3.05, 3.63) is 28.8 Å². The van der Waals surface area contributed by atoms with Gasteiger partial charge in [-0.25, -0.2) is 0 Å². The van der Waals surface area contributed by atoms with Crippen LogP contribution in [0.1, 0.15) is 32.3 Å². The Balaban J connectivity index is 2.03. The van der Waals surface area contributed by atoms with E-state index in [9.17, 15) is 4.79 Å². The van der Waals surface area contributed by atoms with E-state index in [0.29, 0.717) is 12.6 Å². The van der Waals surface area contributed by atoms with E-state index in [0.717, 1.165) is 22.8 Å². The Hall–Kier alpha value is -1.26. The fourth-order valence-electron chi connectivity index (χ4n) is 2.28. The molecule has 1 amide bonds. The highest BCUT2D eigenvalue weighted by atomic mass is 35.5. The predicted octanol–water partition coefficient (Wildman–Crippen LogP) is 2.55. The van der Waals surface area contributed by atoms with Crippen LogP contribution < -0.4 is 15.5 Å². The van der Waals surface area contributed by atoms with Crippen LogP contribution in [-0.2, 0) is 11.3 Å². The maximum atomic E-state index is 11.9. The van der Waals surface area contributed by atoms with Crippen LogP contribution in [0, 0.1) is 0 Å². The molecule has 1 aromatic rings. The molecule has 0 atom stereocenters. The number of anilines is 1. The van der Waals surface area contributed by atoms with Crippen molar-refractivity contribution in [2.24, 2.45) is 0 Å². The molecule has 1 aliphatic rings. The van der Waals surface area contributed by atoms with Crippen molar-refractivity contribution in [2.75, 3.05) is 18.5 Å². The minimum atomic E-state index is 0.0311. The van der Waals surface area contributed by atoms with Gasteiger partial charge in [0.15, 0.2) is 0 Å². The molecule has 0 heterocycles. The average Bonchev–Trinajstić information content (AvgIpc) is 3.19. The van der Waals surface area contributed by atoms with Crippen LogP contribution in [0.5, 0.6) is 0 Å². The Labute approximate surface area is 131 Å². The molecular weight excluding hydrogens is 286 g/mol. The zero-order valence-corrected chi connectivity index (χ0v) is 13.7. The Morgan fingerprint density at radius 3 is 2.76 bits per heavy atom. The van der Waals surface area contributed by atoms with E-state index in [2.05, 4.69) is 10.6 Å². The summed E-state index contributed by atoms with van der Waals surface area (Å²) in [6, 6.07) is 6.63. The number of carbonyl (C=O) groups is 1. The quantitative estimate of drug-likeness (QED) is 0.813. The lowest BCUT2D eigenvalue weighted by molar-refractivity contribution is -0.120. The zero-order valence-electron chi connectivity index (χ0n) is 12.9. The van der Waals surface area contributed by atoms with Crippen LogP contribution in [0.25, 0.3) is 0 Å². The first-order valence-corrected chi connectivity index (χ1v) is 7.86. The van der Waals surface area contributed by atoms with Crippen LogP contribution in [0.4, 0.5) is 5.69 Å². The fraction of sp³-hybridized carbons (Fsp3) is 0.562. The summed E-state index contributed by atoms with van der Waals surface area (Å²) < 4.78 is 0. The fourth-order valence-corrected chi connectivity index (χ4v) is 2.47. The lowest BCUT2D eigenvalue weighted by Crippen LogP contribution is -2.39. The molecule has 2 N–H and O–H groups in total. The van der Waals surface area contributed by atoms with Gasteiger partial charge >= 0.3 is 0 Å². The van der Waals surface area contributed by atoms with Crippen molar-refractivity contribution in [3.8, 4) is 0 Å². The number of amides is 1. The smallest absolute Gasteiger partial charge is 0.239 e. The second-order valence-corrected chi connectivity index (χ2v) is 6.44. The molecule has 0 spiro atoms. The van der Waals surface area contributed by atoms with Crippen LogP contribution in [0.3, 0.4) is 0 Å². The normalized spacial score (nSPS) is 14.3. The molecular formula is C16H24ClN3O. The van der Waals surface area contributed by atoms with Gasteiger partial charge in [0, 0.05) is 36.4 Å². The topological polar surface area (TPSA) is 44.4 Å². The Morgan fingerprint density at radius 1 is 1.43 bits per heavy atom. The van der Waals surface area contributed by atoms with Gasteiger partial charge in [0.2, 0.25) is 5.91 Å². The molecule has 116 valence electrons. The van der Waals surface area contributed by atoms with Gasteiger partial charge in [0.25, 0.3) is 0 Å². The molecule has 4 nitrogen and oxygen atoms in total. The van der Waals surface area contributed by atoms with E-state index in [-0.39, 0.29) is 11.9 Å². The Kier molecular flexibility index (Phi) is 5.48. The van der Waals surface area contributed by atoms with Crippen molar-refractivity contribution in [1.82, 2.24) is 10.6 Å². The summed E-state index contributed by atoms with van der Waals surface area (Å²) >= 11 is 6.10. The number of benzene rings is 1. The Morgan fingerprint density at radius 2 is 2.14 bits per heavy atom. The first kappa shape index (κ1) is 16.1. The predicted molar refractivity (Wildman–Crippen MR) is 87.9 cm³/mol. The van der Waals surface area contributed by atoms with Crippen molar-refractivity contribution >= 4 is 23.2 Å². The summed E-state index contributed by atoms with van der Waals surface area (Å²) in [6.07, 6.45) is 2.51. The third kappa shape index (κ3) is 5.21. The van der Waals surface area contributed by atoms with Crippen molar-refractivity contribution in [2.45, 2.75) is 45.3 Å². The van der Waals surface area contributed by atoms with Crippen LogP contribution in [-0.4, -0.2) is 31.6 Å². The number of hydrogen-bond donors (Lipinski definition) is 2. The van der Waals surface area contributed by atoms with E-state index in [4.69, 9.17) is 11.6 Å². The first-order chi connectivity index (χ1) is 9.95. The molecule has 0 unspecified atom stereocenters. The highest BCUT2D eigenvalue weighted by molar-refractivity contribution is 6.30. The molecule has 1 aromatic carbocycles. The van der Waals surface area contributed by atoms with Crippen molar-refractivity contribution in [1.29, 1.82) is 0 Å². The number of carbonyl (C=O) groups excluding carboxylic acids is 1. The van der Waals surface area contributed by atoms with E-state index < -0.39 is 0 Å². The largest absolute Gasteiger partial charge is 0.365 e. The summed E-state index contributed by atoms with van der Waals surface area (Å²) in [5.74, 6) is 0.0311. The number of halogens is 1. The molecule has 0 aromatic heterocycles. The second kappa shape index (κ2) is 7.14. The monoisotopic (exact) mass is 309 g/mol. The minimum Gasteiger partial charge on any atom is -0.365 e. The van der Waals surface area contributed by atoms with Gasteiger partial charge < -0.3 is 15.5 Å². The molecule has 1 aliphatic carbocycles. The van der Waals surface area contributed by atoms with Crippen molar-refractivity contribution < 1.29 is 4.79 Å². The van der Waals surface area contributed by atoms with E-state index in [1.54, 1.807) is 0 Å². The second-order valence-electron chi connectivity index (χ2n) is 6.01. The summed E-state index contributed by atoms with van der Waals surface area (Å²) in [4.78, 5) is 13.9. The average molecular weight is 310 g/mol. The van der Waals surface area contributed by atoms with Gasteiger partial charge in [-0.3, -0.25) is 4.79 Å². The third-order valence-corrected chi connectivity index (χ3v) is 3.68. The molecule has 0 aliphatic heterocycles. The molecule has 21 heavy (non-hydrogen) atoms. The van der Waals surface area contributed by atoms with Crippen LogP contribution in [0.2, 0.25) is 5.02 Å². The van der Waals surface area contributed by atoms with Crippen LogP contribution in [0.15, 0.2) is 18.2 Å². The first-order valence-electron chi connectivity index (χ1n) is 7.48. The number of nitrogens with zero attached hydrogens (tertiary/aromatic N) is 1. The third-order valence-electron chi connectivity index (χ3n) is 3.44. The van der Waals surface area contributed by atoms with Gasteiger partial charge in [0.1, 0.15) is 0 Å². The standard InChI is InChI=1S/C16H24ClN3O/c1-11(2)19-16(21)10-20(3)15-7-4-13(17)8-12(15)9-18-14-5-6-14/h4,7-8,11,14,18H,5-6,9-10H2,1-3H3,(H,19,21). The molecule has 0 saturated heterocycles. The SMILES string of the molecule is CC(C)NC(=O)CN(C)c1ccc(Cl)cc1CNC1CC1. The van der Waals surface area contributed by atoms with Gasteiger partial charge in [0.05, 0.1) is 6.54 Å². The maximum absolute atomic E-state index is 11.9. The van der Waals surface area contributed by atoms with Crippen molar-refractivity contribution in [3.63, 3.8) is 0 Å². The molecule has 5 heteroatoms. The number of likely N-dealkylation sites (N-methyl/N-ethyl adjacent to an activating group) is 1. The highest BCUT2D eigenvalue weighted by Gasteiger charge is 2.21. The summed E-state index contributed by atoms with van der Waals surface area (Å²) in [5.41, 5.74) is 2.18. The highest BCUT2D eigenvalue weighted by Crippen LogP contribution is 2.25. The Bertz CT molecular complexity index is 500. The summed E-state index contributed by atoms with van der Waals surface area (Å²) in [7, 11) is 1.93. The minimum absolute atomic E-state index is 0.0311. The number of rotatable bonds is 7. The van der Waals surface area contributed by atoms with Gasteiger partial charge in [-0.2, -0.15) is 0 Å². The van der Waals surface area contributed by atoms with Crippen LogP contribution >= 0.6 is 11.6 Å². The van der Waals surface area contributed by atoms with Gasteiger partial charge in [-0.1, -0.05) is 11.6 Å². The zero-order chi connectivity index (χ0) is 15.4. The molecule has 1 fully saturated rings. The molecule has 1 saturated carbocycles. The summed E-state index contributed by atoms with van der Waals surface area (Å²) in [5, 5.41) is 7.14.